The van der Waals surface area contributed by atoms with Gasteiger partial charge in [-0.2, -0.15) is 0 Å². The normalized spacial score (nSPS) is 11.7. The molecule has 2 aromatic carbocycles. The van der Waals surface area contributed by atoms with Gasteiger partial charge in [0.05, 0.1) is 11.7 Å². The highest BCUT2D eigenvalue weighted by Gasteiger charge is 2.18. The standard InChI is InChI=1S/C23H25ClN4O2S/c1-12-10-14(3)19(11-13(12)2)27-21(29)20-16(5)26-23(31-20)28-22(30)25-15(4)17-6-8-18(24)9-7-17/h6-11,15H,1-5H3,(H,27,29)(H2,25,26,28,30). The fraction of sp³-hybridized carbons (Fsp3) is 0.261. The summed E-state index contributed by atoms with van der Waals surface area (Å²) < 4.78 is 0. The lowest BCUT2D eigenvalue weighted by Gasteiger charge is -2.14. The van der Waals surface area contributed by atoms with E-state index in [9.17, 15) is 9.59 Å². The molecule has 3 amide bonds. The molecule has 1 heterocycles. The van der Waals surface area contributed by atoms with Gasteiger partial charge in [0.15, 0.2) is 5.13 Å². The zero-order chi connectivity index (χ0) is 22.7. The summed E-state index contributed by atoms with van der Waals surface area (Å²) in [5.41, 5.74) is 5.53. The quantitative estimate of drug-likeness (QED) is 0.429. The van der Waals surface area contributed by atoms with E-state index in [0.717, 1.165) is 33.7 Å². The third-order valence-electron chi connectivity index (χ3n) is 5.03. The fourth-order valence-corrected chi connectivity index (χ4v) is 4.08. The highest BCUT2D eigenvalue weighted by molar-refractivity contribution is 7.17. The zero-order valence-electron chi connectivity index (χ0n) is 18.1. The summed E-state index contributed by atoms with van der Waals surface area (Å²) in [4.78, 5) is 30.0. The molecule has 0 radical (unpaired) electrons. The first-order valence-corrected chi connectivity index (χ1v) is 11.0. The fourth-order valence-electron chi connectivity index (χ4n) is 3.10. The van der Waals surface area contributed by atoms with Gasteiger partial charge in [-0.15, -0.1) is 0 Å². The van der Waals surface area contributed by atoms with Crippen molar-refractivity contribution in [1.82, 2.24) is 10.3 Å². The molecule has 0 aliphatic heterocycles. The molecule has 0 fully saturated rings. The average Bonchev–Trinajstić information content (AvgIpc) is 3.06. The molecule has 3 rings (SSSR count). The van der Waals surface area contributed by atoms with Crippen LogP contribution >= 0.6 is 22.9 Å². The molecule has 1 aromatic heterocycles. The van der Waals surface area contributed by atoms with Crippen LogP contribution in [0, 0.1) is 27.7 Å². The molecule has 0 saturated heterocycles. The summed E-state index contributed by atoms with van der Waals surface area (Å²) in [6.07, 6.45) is 0. The van der Waals surface area contributed by atoms with Crippen LogP contribution in [-0.4, -0.2) is 16.9 Å². The monoisotopic (exact) mass is 456 g/mol. The summed E-state index contributed by atoms with van der Waals surface area (Å²) in [6.45, 7) is 9.63. The number of aryl methyl sites for hydroxylation is 4. The van der Waals surface area contributed by atoms with Crippen LogP contribution in [0.2, 0.25) is 5.02 Å². The molecule has 3 aromatic rings. The first-order valence-electron chi connectivity index (χ1n) is 9.83. The topological polar surface area (TPSA) is 83.1 Å². The minimum Gasteiger partial charge on any atom is -0.331 e. The lowest BCUT2D eigenvalue weighted by molar-refractivity contribution is 0.102. The second kappa shape index (κ2) is 9.49. The molecule has 0 aliphatic rings. The van der Waals surface area contributed by atoms with Gasteiger partial charge < -0.3 is 10.6 Å². The Bertz CT molecular complexity index is 1130. The van der Waals surface area contributed by atoms with Crippen molar-refractivity contribution in [1.29, 1.82) is 0 Å². The lowest BCUT2D eigenvalue weighted by atomic mass is 10.0. The Morgan fingerprint density at radius 3 is 2.29 bits per heavy atom. The van der Waals surface area contributed by atoms with Gasteiger partial charge in [-0.3, -0.25) is 10.1 Å². The number of hydrogen-bond donors (Lipinski definition) is 3. The maximum atomic E-state index is 12.8. The predicted molar refractivity (Wildman–Crippen MR) is 127 cm³/mol. The number of urea groups is 1. The van der Waals surface area contributed by atoms with Gasteiger partial charge in [-0.25, -0.2) is 9.78 Å². The molecule has 1 unspecified atom stereocenters. The van der Waals surface area contributed by atoms with Crippen molar-refractivity contribution in [3.63, 3.8) is 0 Å². The first kappa shape index (κ1) is 22.8. The van der Waals surface area contributed by atoms with Crippen molar-refractivity contribution < 1.29 is 9.59 Å². The average molecular weight is 457 g/mol. The van der Waals surface area contributed by atoms with Crippen LogP contribution in [0.5, 0.6) is 0 Å². The number of benzene rings is 2. The number of anilines is 2. The van der Waals surface area contributed by atoms with Crippen LogP contribution in [0.1, 0.15) is 50.6 Å². The number of carbonyl (C=O) groups is 2. The third-order valence-corrected chi connectivity index (χ3v) is 6.35. The highest BCUT2D eigenvalue weighted by Crippen LogP contribution is 2.26. The van der Waals surface area contributed by atoms with E-state index in [-0.39, 0.29) is 11.9 Å². The number of aromatic nitrogens is 1. The number of thiazole rings is 1. The Labute approximate surface area is 191 Å². The predicted octanol–water partition coefficient (Wildman–Crippen LogP) is 6.17. The smallest absolute Gasteiger partial charge is 0.321 e. The molecule has 1 atom stereocenters. The second-order valence-corrected chi connectivity index (χ2v) is 8.95. The van der Waals surface area contributed by atoms with E-state index < -0.39 is 6.03 Å². The molecule has 6 nitrogen and oxygen atoms in total. The zero-order valence-corrected chi connectivity index (χ0v) is 19.7. The minimum absolute atomic E-state index is 0.214. The number of nitrogens with zero attached hydrogens (tertiary/aromatic N) is 1. The number of amides is 3. The number of rotatable bonds is 5. The van der Waals surface area contributed by atoms with Gasteiger partial charge in [-0.05, 0) is 75.1 Å². The molecular weight excluding hydrogens is 432 g/mol. The summed E-state index contributed by atoms with van der Waals surface area (Å²) >= 11 is 7.05. The maximum Gasteiger partial charge on any atom is 0.321 e. The second-order valence-electron chi connectivity index (χ2n) is 7.51. The van der Waals surface area contributed by atoms with Crippen LogP contribution in [0.4, 0.5) is 15.6 Å². The number of carbonyl (C=O) groups excluding carboxylic acids is 2. The van der Waals surface area contributed by atoms with Crippen LogP contribution in [0.25, 0.3) is 0 Å². The Morgan fingerprint density at radius 2 is 1.61 bits per heavy atom. The number of nitrogens with one attached hydrogen (secondary N) is 3. The minimum atomic E-state index is -0.395. The van der Waals surface area contributed by atoms with Gasteiger partial charge in [0.2, 0.25) is 0 Å². The Balaban J connectivity index is 1.66. The number of hydrogen-bond acceptors (Lipinski definition) is 4. The van der Waals surface area contributed by atoms with E-state index in [2.05, 4.69) is 20.9 Å². The van der Waals surface area contributed by atoms with Crippen molar-refractivity contribution in [3.8, 4) is 0 Å². The first-order chi connectivity index (χ1) is 14.6. The summed E-state index contributed by atoms with van der Waals surface area (Å²) in [7, 11) is 0. The van der Waals surface area contributed by atoms with Crippen molar-refractivity contribution in [2.24, 2.45) is 0 Å². The number of halogens is 1. The van der Waals surface area contributed by atoms with E-state index in [1.807, 2.05) is 52.0 Å². The van der Waals surface area contributed by atoms with E-state index in [0.29, 0.717) is 20.7 Å². The van der Waals surface area contributed by atoms with E-state index in [4.69, 9.17) is 11.6 Å². The summed E-state index contributed by atoms with van der Waals surface area (Å²) in [5.74, 6) is -0.246. The Morgan fingerprint density at radius 1 is 0.968 bits per heavy atom. The van der Waals surface area contributed by atoms with E-state index in [1.54, 1.807) is 19.1 Å². The summed E-state index contributed by atoms with van der Waals surface area (Å²) in [6, 6.07) is 10.7. The molecule has 3 N–H and O–H groups in total. The van der Waals surface area contributed by atoms with E-state index in [1.165, 1.54) is 5.56 Å². The molecule has 0 spiro atoms. The maximum absolute atomic E-state index is 12.8. The Kier molecular flexibility index (Phi) is 6.97. The van der Waals surface area contributed by atoms with Crippen molar-refractivity contribution in [2.75, 3.05) is 10.6 Å². The third kappa shape index (κ3) is 5.62. The Hall–Kier alpha value is -2.90. The van der Waals surface area contributed by atoms with Crippen LogP contribution in [-0.2, 0) is 0 Å². The molecule has 31 heavy (non-hydrogen) atoms. The van der Waals surface area contributed by atoms with Gasteiger partial charge in [-0.1, -0.05) is 41.1 Å². The molecule has 8 heteroatoms. The lowest BCUT2D eigenvalue weighted by Crippen LogP contribution is -2.31. The molecular formula is C23H25ClN4O2S. The van der Waals surface area contributed by atoms with Gasteiger partial charge >= 0.3 is 6.03 Å². The van der Waals surface area contributed by atoms with Crippen LogP contribution in [0.3, 0.4) is 0 Å². The van der Waals surface area contributed by atoms with Crippen LogP contribution < -0.4 is 16.0 Å². The largest absolute Gasteiger partial charge is 0.331 e. The molecule has 0 bridgehead atoms. The SMILES string of the molecule is Cc1cc(C)c(NC(=O)c2sc(NC(=O)NC(C)c3ccc(Cl)cc3)nc2C)cc1C. The van der Waals surface area contributed by atoms with Crippen molar-refractivity contribution >= 4 is 45.7 Å². The van der Waals surface area contributed by atoms with Crippen molar-refractivity contribution in [3.05, 3.63) is 74.2 Å². The van der Waals surface area contributed by atoms with Gasteiger partial charge in [0, 0.05) is 10.7 Å². The molecule has 0 saturated carbocycles. The summed E-state index contributed by atoms with van der Waals surface area (Å²) in [5, 5.41) is 9.52. The van der Waals surface area contributed by atoms with Crippen molar-refractivity contribution in [2.45, 2.75) is 40.7 Å². The van der Waals surface area contributed by atoms with E-state index >= 15 is 0 Å². The molecule has 162 valence electrons. The highest BCUT2D eigenvalue weighted by atomic mass is 35.5. The van der Waals surface area contributed by atoms with Gasteiger partial charge in [0.1, 0.15) is 4.88 Å². The van der Waals surface area contributed by atoms with Gasteiger partial charge in [0.25, 0.3) is 5.91 Å². The van der Waals surface area contributed by atoms with Crippen LogP contribution in [0.15, 0.2) is 36.4 Å². The molecule has 0 aliphatic carbocycles.